The summed E-state index contributed by atoms with van der Waals surface area (Å²) in [6.07, 6.45) is 1.63. The zero-order valence-corrected chi connectivity index (χ0v) is 24.0. The summed E-state index contributed by atoms with van der Waals surface area (Å²) in [5.41, 5.74) is 3.44. The number of nitrogens with one attached hydrogen (secondary N) is 3. The molecule has 9 heteroatoms. The van der Waals surface area contributed by atoms with Crippen molar-refractivity contribution in [3.63, 3.8) is 0 Å². The number of thioether (sulfide) groups is 1. The summed E-state index contributed by atoms with van der Waals surface area (Å²) in [4.78, 5) is 39.4. The molecule has 4 aromatic rings. The van der Waals surface area contributed by atoms with E-state index in [9.17, 15) is 14.4 Å². The monoisotopic (exact) mass is 585 g/mol. The maximum atomic E-state index is 13.2. The Labute approximate surface area is 248 Å². The molecular weight excluding hydrogens is 558 g/mol. The van der Waals surface area contributed by atoms with Crippen LogP contribution in [-0.2, 0) is 9.59 Å². The quantitative estimate of drug-likeness (QED) is 0.140. The van der Waals surface area contributed by atoms with Crippen molar-refractivity contribution >= 4 is 58.5 Å². The van der Waals surface area contributed by atoms with Gasteiger partial charge in [-0.1, -0.05) is 59.6 Å². The van der Waals surface area contributed by atoms with E-state index in [2.05, 4.69) is 16.0 Å². The Kier molecular flexibility index (Phi) is 10.2. The van der Waals surface area contributed by atoms with Crippen LogP contribution in [0.25, 0.3) is 6.08 Å². The fraction of sp³-hybridized carbons (Fsp3) is 0.0938. The molecule has 0 aromatic heterocycles. The van der Waals surface area contributed by atoms with E-state index >= 15 is 0 Å². The van der Waals surface area contributed by atoms with E-state index in [1.54, 1.807) is 72.8 Å². The van der Waals surface area contributed by atoms with Gasteiger partial charge in [-0.15, -0.1) is 11.8 Å². The molecule has 4 rings (SSSR count). The van der Waals surface area contributed by atoms with Crippen LogP contribution < -0.4 is 20.7 Å². The van der Waals surface area contributed by atoms with Gasteiger partial charge in [-0.25, -0.2) is 0 Å². The number of halogens is 1. The molecule has 3 amide bonds. The molecule has 4 aromatic carbocycles. The number of rotatable bonds is 10. The molecule has 7 nitrogen and oxygen atoms in total. The molecule has 0 unspecified atom stereocenters. The summed E-state index contributed by atoms with van der Waals surface area (Å²) in [6.45, 7) is 1.98. The van der Waals surface area contributed by atoms with Gasteiger partial charge in [-0.05, 0) is 73.2 Å². The first-order valence-corrected chi connectivity index (χ1v) is 14.0. The number of anilines is 2. The lowest BCUT2D eigenvalue weighted by Gasteiger charge is -2.12. The van der Waals surface area contributed by atoms with Crippen LogP contribution in [0.2, 0.25) is 5.02 Å². The first-order chi connectivity index (χ1) is 19.8. The average Bonchev–Trinajstić information content (AvgIpc) is 2.98. The molecule has 208 valence electrons. The molecule has 0 atom stereocenters. The number of hydrogen-bond donors (Lipinski definition) is 3. The van der Waals surface area contributed by atoms with E-state index in [1.165, 1.54) is 18.9 Å². The number of amides is 3. The number of hydrogen-bond acceptors (Lipinski definition) is 5. The predicted octanol–water partition coefficient (Wildman–Crippen LogP) is 6.80. The molecule has 0 aliphatic rings. The van der Waals surface area contributed by atoms with Crippen LogP contribution in [0.3, 0.4) is 0 Å². The number of aryl methyl sites for hydroxylation is 1. The Balaban J connectivity index is 1.40. The number of carbonyl (C=O) groups excluding carboxylic acids is 3. The third-order valence-corrected chi connectivity index (χ3v) is 7.08. The Morgan fingerprint density at radius 1 is 0.878 bits per heavy atom. The third-order valence-electron chi connectivity index (χ3n) is 5.83. The zero-order chi connectivity index (χ0) is 29.2. The summed E-state index contributed by atoms with van der Waals surface area (Å²) in [7, 11) is 1.52. The fourth-order valence-electron chi connectivity index (χ4n) is 3.72. The van der Waals surface area contributed by atoms with Crippen molar-refractivity contribution in [2.24, 2.45) is 0 Å². The van der Waals surface area contributed by atoms with E-state index in [4.69, 9.17) is 16.3 Å². The van der Waals surface area contributed by atoms with Crippen LogP contribution in [0.1, 0.15) is 21.5 Å². The molecule has 0 saturated carbocycles. The highest BCUT2D eigenvalue weighted by Gasteiger charge is 2.15. The highest BCUT2D eigenvalue weighted by atomic mass is 35.5. The summed E-state index contributed by atoms with van der Waals surface area (Å²) in [6, 6.07) is 28.4. The molecule has 0 aliphatic carbocycles. The second kappa shape index (κ2) is 14.2. The first kappa shape index (κ1) is 29.5. The molecule has 0 heterocycles. The number of ether oxygens (including phenoxy) is 1. The average molecular weight is 586 g/mol. The molecule has 0 fully saturated rings. The molecule has 0 radical (unpaired) electrons. The molecule has 0 bridgehead atoms. The van der Waals surface area contributed by atoms with Crippen LogP contribution in [0.15, 0.2) is 108 Å². The number of methoxy groups -OCH3 is 1. The van der Waals surface area contributed by atoms with Crippen molar-refractivity contribution in [3.8, 4) is 5.75 Å². The van der Waals surface area contributed by atoms with E-state index in [1.807, 2.05) is 37.3 Å². The van der Waals surface area contributed by atoms with Crippen molar-refractivity contribution in [1.29, 1.82) is 0 Å². The smallest absolute Gasteiger partial charge is 0.272 e. The van der Waals surface area contributed by atoms with E-state index in [-0.39, 0.29) is 23.3 Å². The Morgan fingerprint density at radius 3 is 2.27 bits per heavy atom. The number of benzene rings is 4. The van der Waals surface area contributed by atoms with Gasteiger partial charge in [0.1, 0.15) is 11.4 Å². The minimum absolute atomic E-state index is 0.106. The SMILES string of the molecule is COc1ccc(Cl)cc1NC(=O)CSc1ccc(NC(=O)/C(=C/c2ccc(C)cc2)NC(=O)c2ccccc2)cc1. The van der Waals surface area contributed by atoms with Crippen molar-refractivity contribution < 1.29 is 19.1 Å². The minimum Gasteiger partial charge on any atom is -0.495 e. The lowest BCUT2D eigenvalue weighted by atomic mass is 10.1. The van der Waals surface area contributed by atoms with Crippen LogP contribution >= 0.6 is 23.4 Å². The third kappa shape index (κ3) is 8.73. The van der Waals surface area contributed by atoms with Crippen LogP contribution in [-0.4, -0.2) is 30.6 Å². The standard InChI is InChI=1S/C32H28ClN3O4S/c1-21-8-10-22(11-9-21)18-28(36-31(38)23-6-4-3-5-7-23)32(39)34-25-13-15-26(16-14-25)41-20-30(37)35-27-19-24(33)12-17-29(27)40-2/h3-19H,20H2,1-2H3,(H,34,39)(H,35,37)(H,36,38)/b28-18-. The Hall–Kier alpha value is -4.53. The lowest BCUT2D eigenvalue weighted by molar-refractivity contribution is -0.114. The topological polar surface area (TPSA) is 96.5 Å². The molecule has 0 spiro atoms. The van der Waals surface area contributed by atoms with Crippen LogP contribution in [0, 0.1) is 6.92 Å². The minimum atomic E-state index is -0.467. The Morgan fingerprint density at radius 2 is 1.59 bits per heavy atom. The zero-order valence-electron chi connectivity index (χ0n) is 22.4. The van der Waals surface area contributed by atoms with Gasteiger partial charge in [-0.3, -0.25) is 14.4 Å². The van der Waals surface area contributed by atoms with Gasteiger partial charge in [0.05, 0.1) is 18.6 Å². The summed E-state index contributed by atoms with van der Waals surface area (Å²) in [5, 5.41) is 8.87. The van der Waals surface area contributed by atoms with E-state index in [0.717, 1.165) is 16.0 Å². The van der Waals surface area contributed by atoms with Gasteiger partial charge in [0.15, 0.2) is 0 Å². The van der Waals surface area contributed by atoms with E-state index < -0.39 is 5.91 Å². The van der Waals surface area contributed by atoms with E-state index in [0.29, 0.717) is 27.7 Å². The molecular formula is C32H28ClN3O4S. The van der Waals surface area contributed by atoms with Crippen molar-refractivity contribution in [2.75, 3.05) is 23.5 Å². The maximum Gasteiger partial charge on any atom is 0.272 e. The van der Waals surface area contributed by atoms with Gasteiger partial charge in [-0.2, -0.15) is 0 Å². The highest BCUT2D eigenvalue weighted by Crippen LogP contribution is 2.28. The van der Waals surface area contributed by atoms with Gasteiger partial charge in [0, 0.05) is 21.2 Å². The lowest BCUT2D eigenvalue weighted by Crippen LogP contribution is -2.30. The highest BCUT2D eigenvalue weighted by molar-refractivity contribution is 8.00. The summed E-state index contributed by atoms with van der Waals surface area (Å²) >= 11 is 7.37. The van der Waals surface area contributed by atoms with Gasteiger partial charge in [0.2, 0.25) is 5.91 Å². The van der Waals surface area contributed by atoms with Gasteiger partial charge < -0.3 is 20.7 Å². The van der Waals surface area contributed by atoms with Crippen LogP contribution in [0.4, 0.5) is 11.4 Å². The first-order valence-electron chi connectivity index (χ1n) is 12.6. The largest absolute Gasteiger partial charge is 0.495 e. The maximum absolute atomic E-state index is 13.2. The van der Waals surface area contributed by atoms with Crippen molar-refractivity contribution in [2.45, 2.75) is 11.8 Å². The van der Waals surface area contributed by atoms with Crippen LogP contribution in [0.5, 0.6) is 5.75 Å². The Bertz CT molecular complexity index is 1560. The fourth-order valence-corrected chi connectivity index (χ4v) is 4.59. The molecule has 0 saturated heterocycles. The van der Waals surface area contributed by atoms with Crippen molar-refractivity contribution in [3.05, 3.63) is 124 Å². The van der Waals surface area contributed by atoms with Gasteiger partial charge in [0.25, 0.3) is 11.8 Å². The number of carbonyl (C=O) groups is 3. The molecule has 3 N–H and O–H groups in total. The normalized spacial score (nSPS) is 11.0. The van der Waals surface area contributed by atoms with Crippen molar-refractivity contribution in [1.82, 2.24) is 5.32 Å². The van der Waals surface area contributed by atoms with Gasteiger partial charge >= 0.3 is 0 Å². The molecule has 0 aliphatic heterocycles. The predicted molar refractivity (Wildman–Crippen MR) is 165 cm³/mol. The summed E-state index contributed by atoms with van der Waals surface area (Å²) in [5.74, 6) is -0.391. The second-order valence-electron chi connectivity index (χ2n) is 8.95. The summed E-state index contributed by atoms with van der Waals surface area (Å²) < 4.78 is 5.27. The molecule has 41 heavy (non-hydrogen) atoms. The second-order valence-corrected chi connectivity index (χ2v) is 10.4.